The van der Waals surface area contributed by atoms with Crippen molar-refractivity contribution in [1.82, 2.24) is 9.47 Å². The molecule has 0 saturated carbocycles. The fourth-order valence-corrected chi connectivity index (χ4v) is 4.69. The lowest BCUT2D eigenvalue weighted by Crippen LogP contribution is -2.49. The van der Waals surface area contributed by atoms with Gasteiger partial charge in [0.2, 0.25) is 5.91 Å². The topological polar surface area (TPSA) is 62.5 Å². The van der Waals surface area contributed by atoms with Crippen LogP contribution in [0.3, 0.4) is 0 Å². The normalized spacial score (nSPS) is 16.4. The van der Waals surface area contributed by atoms with Gasteiger partial charge in [0.1, 0.15) is 0 Å². The summed E-state index contributed by atoms with van der Waals surface area (Å²) in [6.07, 6.45) is 3.01. The van der Waals surface area contributed by atoms with Crippen LogP contribution in [0.15, 0.2) is 77.7 Å². The average Bonchev–Trinajstić information content (AvgIpc) is 2.82. The first kappa shape index (κ1) is 23.3. The Balaban J connectivity index is 1.41. The van der Waals surface area contributed by atoms with Crippen LogP contribution in [0.4, 0.5) is 0 Å². The van der Waals surface area contributed by atoms with Crippen LogP contribution in [0.2, 0.25) is 5.02 Å². The predicted octanol–water partition coefficient (Wildman–Crippen LogP) is 4.72. The van der Waals surface area contributed by atoms with Gasteiger partial charge in [-0.1, -0.05) is 79.2 Å². The molecule has 1 amide bonds. The molecular formula is C27H29ClN2O3. The highest BCUT2D eigenvalue weighted by molar-refractivity contribution is 6.33. The summed E-state index contributed by atoms with van der Waals surface area (Å²) in [5, 5.41) is 11.6. The minimum Gasteiger partial charge on any atom is -0.388 e. The Bertz CT molecular complexity index is 1150. The van der Waals surface area contributed by atoms with Crippen molar-refractivity contribution >= 4 is 17.5 Å². The van der Waals surface area contributed by atoms with Gasteiger partial charge in [-0.15, -0.1) is 0 Å². The van der Waals surface area contributed by atoms with Crippen LogP contribution in [0.25, 0.3) is 11.1 Å². The van der Waals surface area contributed by atoms with E-state index in [0.717, 1.165) is 16.7 Å². The van der Waals surface area contributed by atoms with E-state index >= 15 is 0 Å². The Morgan fingerprint density at radius 3 is 2.30 bits per heavy atom. The molecule has 2 heterocycles. The summed E-state index contributed by atoms with van der Waals surface area (Å²) >= 11 is 6.33. The molecule has 33 heavy (non-hydrogen) atoms. The molecule has 1 saturated heterocycles. The first-order chi connectivity index (χ1) is 15.8. The van der Waals surface area contributed by atoms with Crippen LogP contribution in [0.1, 0.15) is 37.7 Å². The standard InChI is InChI=1S/C27H29ClN2O3/c1-20(21-8-4-2-5-9-21)16-25(31)29-14-12-27(33,13-15-29)19-30-18-23(24(28)17-26(30)32)22-10-6-3-7-11-22/h2-11,17-18,20,33H,12-16,19H2,1H3/t20-/m1/s1. The number of aliphatic hydroxyl groups is 1. The van der Waals surface area contributed by atoms with Crippen molar-refractivity contribution in [3.8, 4) is 11.1 Å². The molecular weight excluding hydrogens is 436 g/mol. The van der Waals surface area contributed by atoms with Gasteiger partial charge in [0.25, 0.3) is 5.56 Å². The van der Waals surface area contributed by atoms with Crippen molar-refractivity contribution in [2.45, 2.75) is 44.2 Å². The average molecular weight is 465 g/mol. The van der Waals surface area contributed by atoms with E-state index in [1.54, 1.807) is 6.20 Å². The summed E-state index contributed by atoms with van der Waals surface area (Å²) < 4.78 is 1.53. The predicted molar refractivity (Wildman–Crippen MR) is 131 cm³/mol. The highest BCUT2D eigenvalue weighted by Gasteiger charge is 2.35. The Morgan fingerprint density at radius 1 is 1.06 bits per heavy atom. The third kappa shape index (κ3) is 5.55. The van der Waals surface area contributed by atoms with E-state index in [4.69, 9.17) is 11.6 Å². The van der Waals surface area contributed by atoms with Gasteiger partial charge < -0.3 is 14.6 Å². The fourth-order valence-electron chi connectivity index (χ4n) is 4.44. The first-order valence-electron chi connectivity index (χ1n) is 11.4. The van der Waals surface area contributed by atoms with Crippen LogP contribution in [0, 0.1) is 0 Å². The Morgan fingerprint density at radius 2 is 1.67 bits per heavy atom. The third-order valence-electron chi connectivity index (χ3n) is 6.52. The van der Waals surface area contributed by atoms with Gasteiger partial charge in [0, 0.05) is 37.3 Å². The Hall–Kier alpha value is -2.89. The minimum absolute atomic E-state index is 0.100. The van der Waals surface area contributed by atoms with E-state index in [-0.39, 0.29) is 23.9 Å². The summed E-state index contributed by atoms with van der Waals surface area (Å²) in [5.74, 6) is 0.243. The number of rotatable bonds is 6. The molecule has 0 bridgehead atoms. The zero-order valence-electron chi connectivity index (χ0n) is 18.8. The maximum absolute atomic E-state index is 12.8. The highest BCUT2D eigenvalue weighted by atomic mass is 35.5. The van der Waals surface area contributed by atoms with Gasteiger partial charge >= 0.3 is 0 Å². The van der Waals surface area contributed by atoms with Crippen LogP contribution in [-0.2, 0) is 11.3 Å². The third-order valence-corrected chi connectivity index (χ3v) is 6.83. The molecule has 6 heteroatoms. The Labute approximate surface area is 199 Å². The zero-order chi connectivity index (χ0) is 23.4. The van der Waals surface area contributed by atoms with E-state index in [0.29, 0.717) is 37.4 Å². The summed E-state index contributed by atoms with van der Waals surface area (Å²) in [5.41, 5.74) is 1.52. The van der Waals surface area contributed by atoms with Gasteiger partial charge in [-0.3, -0.25) is 9.59 Å². The minimum atomic E-state index is -1.05. The van der Waals surface area contributed by atoms with Crippen molar-refractivity contribution < 1.29 is 9.90 Å². The van der Waals surface area contributed by atoms with Crippen molar-refractivity contribution in [3.63, 3.8) is 0 Å². The van der Waals surface area contributed by atoms with Crippen molar-refractivity contribution in [2.75, 3.05) is 13.1 Å². The maximum Gasteiger partial charge on any atom is 0.252 e. The molecule has 1 aliphatic rings. The van der Waals surface area contributed by atoms with Gasteiger partial charge in [-0.05, 0) is 29.9 Å². The fraction of sp³-hybridized carbons (Fsp3) is 0.333. The zero-order valence-corrected chi connectivity index (χ0v) is 19.5. The molecule has 3 aromatic rings. The second kappa shape index (κ2) is 9.94. The number of carbonyl (C=O) groups excluding carboxylic acids is 1. The summed E-state index contributed by atoms with van der Waals surface area (Å²) in [6, 6.07) is 21.1. The van der Waals surface area contributed by atoms with Gasteiger partial charge in [0.05, 0.1) is 17.2 Å². The smallest absolute Gasteiger partial charge is 0.252 e. The molecule has 0 unspecified atom stereocenters. The van der Waals surface area contributed by atoms with E-state index in [1.807, 2.05) is 65.6 Å². The maximum atomic E-state index is 12.8. The molecule has 1 atom stereocenters. The van der Waals surface area contributed by atoms with Crippen LogP contribution in [-0.4, -0.2) is 39.2 Å². The van der Waals surface area contributed by atoms with Gasteiger partial charge in [0.15, 0.2) is 0 Å². The van der Waals surface area contributed by atoms with Gasteiger partial charge in [-0.2, -0.15) is 0 Å². The monoisotopic (exact) mass is 464 g/mol. The van der Waals surface area contributed by atoms with Crippen molar-refractivity contribution in [1.29, 1.82) is 0 Å². The number of hydrogen-bond acceptors (Lipinski definition) is 3. The summed E-state index contributed by atoms with van der Waals surface area (Å²) in [4.78, 5) is 27.2. The number of piperidine rings is 1. The van der Waals surface area contributed by atoms with E-state index in [9.17, 15) is 14.7 Å². The lowest BCUT2D eigenvalue weighted by molar-refractivity contribution is -0.136. The first-order valence-corrected chi connectivity index (χ1v) is 11.7. The van der Waals surface area contributed by atoms with E-state index in [2.05, 4.69) is 6.92 Å². The largest absolute Gasteiger partial charge is 0.388 e. The number of amides is 1. The van der Waals surface area contributed by atoms with Crippen LogP contribution >= 0.6 is 11.6 Å². The molecule has 0 spiro atoms. The molecule has 172 valence electrons. The number of carbonyl (C=O) groups is 1. The van der Waals surface area contributed by atoms with Crippen LogP contribution < -0.4 is 5.56 Å². The molecule has 4 rings (SSSR count). The number of hydrogen-bond donors (Lipinski definition) is 1. The molecule has 1 N–H and O–H groups in total. The van der Waals surface area contributed by atoms with E-state index in [1.165, 1.54) is 10.6 Å². The highest BCUT2D eigenvalue weighted by Crippen LogP contribution is 2.29. The molecule has 0 aliphatic carbocycles. The number of benzene rings is 2. The SMILES string of the molecule is C[C@H](CC(=O)N1CCC(O)(Cn2cc(-c3ccccc3)c(Cl)cc2=O)CC1)c1ccccc1. The number of halogens is 1. The molecule has 1 aliphatic heterocycles. The molecule has 1 fully saturated rings. The quantitative estimate of drug-likeness (QED) is 0.574. The number of likely N-dealkylation sites (tertiary alicyclic amines) is 1. The molecule has 1 aromatic heterocycles. The van der Waals surface area contributed by atoms with Crippen molar-refractivity contribution in [2.24, 2.45) is 0 Å². The van der Waals surface area contributed by atoms with Gasteiger partial charge in [-0.25, -0.2) is 0 Å². The second-order valence-electron chi connectivity index (χ2n) is 8.99. The second-order valence-corrected chi connectivity index (χ2v) is 9.40. The van der Waals surface area contributed by atoms with Crippen molar-refractivity contribution in [3.05, 3.63) is 93.9 Å². The summed E-state index contributed by atoms with van der Waals surface area (Å²) in [6.45, 7) is 3.19. The number of aromatic nitrogens is 1. The number of pyridine rings is 1. The lowest BCUT2D eigenvalue weighted by Gasteiger charge is -2.39. The van der Waals surface area contributed by atoms with Crippen LogP contribution in [0.5, 0.6) is 0 Å². The Kier molecular flexibility index (Phi) is 7.01. The lowest BCUT2D eigenvalue weighted by atomic mass is 9.90. The van der Waals surface area contributed by atoms with E-state index < -0.39 is 5.60 Å². The molecule has 5 nitrogen and oxygen atoms in total. The molecule has 2 aromatic carbocycles. The summed E-state index contributed by atoms with van der Waals surface area (Å²) in [7, 11) is 0. The number of nitrogens with zero attached hydrogens (tertiary/aromatic N) is 2. The molecule has 0 radical (unpaired) electrons.